The topological polar surface area (TPSA) is 49.8 Å². The molecule has 4 nitrogen and oxygen atoms in total. The zero-order chi connectivity index (χ0) is 12.3. The third-order valence-corrected chi connectivity index (χ3v) is 2.13. The van der Waals surface area contributed by atoms with Crippen LogP contribution in [0.5, 0.6) is 5.75 Å². The second-order valence-electron chi connectivity index (χ2n) is 2.89. The average molecular weight is 268 g/mol. The molecule has 0 radical (unpaired) electrons. The van der Waals surface area contributed by atoms with Crippen molar-refractivity contribution in [3.63, 3.8) is 0 Å². The number of aromatic hydroxyl groups is 1. The Morgan fingerprint density at radius 1 is 1.56 bits per heavy atom. The van der Waals surface area contributed by atoms with Gasteiger partial charge in [-0.05, 0) is 35.2 Å². The van der Waals surface area contributed by atoms with Crippen molar-refractivity contribution in [1.29, 1.82) is 0 Å². The van der Waals surface area contributed by atoms with Gasteiger partial charge >= 0.3 is 5.97 Å². The van der Waals surface area contributed by atoms with Gasteiger partial charge in [0.25, 0.3) is 0 Å². The molecular weight excluding hydrogens is 260 g/mol. The number of hydrogen-bond acceptors (Lipinski definition) is 4. The number of phenolic OH excluding ortho intramolecular Hbond substituents is 1. The zero-order valence-corrected chi connectivity index (χ0v) is 9.72. The normalized spacial score (nSPS) is 10.6. The predicted molar refractivity (Wildman–Crippen MR) is 56.7 cm³/mol. The van der Waals surface area contributed by atoms with Crippen LogP contribution in [0.25, 0.3) is 0 Å². The fraction of sp³-hybridized carbons (Fsp3) is 0.222. The summed E-state index contributed by atoms with van der Waals surface area (Å²) in [6, 6.07) is 2.44. The van der Waals surface area contributed by atoms with Gasteiger partial charge in [-0.15, -0.1) is 3.94 Å². The van der Waals surface area contributed by atoms with Crippen molar-refractivity contribution in [3.05, 3.63) is 29.1 Å². The largest absolute Gasteiger partial charge is 0.505 e. The Morgan fingerprint density at radius 2 is 2.19 bits per heavy atom. The van der Waals surface area contributed by atoms with E-state index in [0.717, 1.165) is 17.1 Å². The fourth-order valence-electron chi connectivity index (χ4n) is 1.19. The van der Waals surface area contributed by atoms with Crippen molar-refractivity contribution in [3.8, 4) is 5.75 Å². The smallest absolute Gasteiger partial charge is 0.341 e. The molecule has 7 heteroatoms. The highest BCUT2D eigenvalue weighted by atomic mass is 35.5. The Bertz CT molecular complexity index is 412. The van der Waals surface area contributed by atoms with Crippen molar-refractivity contribution in [2.24, 2.45) is 0 Å². The molecule has 0 aliphatic carbocycles. The molecule has 0 fully saturated rings. The molecule has 0 bridgehead atoms. The molecule has 0 heterocycles. The SMILES string of the molecule is COC(=O)c1c(CN(Cl)Cl)ccc(O)c1F. The van der Waals surface area contributed by atoms with Gasteiger partial charge in [-0.1, -0.05) is 6.07 Å². The number of phenols is 1. The first-order valence-corrected chi connectivity index (χ1v) is 4.82. The number of nitrogens with zero attached hydrogens (tertiary/aromatic N) is 1. The Morgan fingerprint density at radius 3 is 2.69 bits per heavy atom. The number of ether oxygens (including phenoxy) is 1. The Kier molecular flexibility index (Phi) is 4.35. The van der Waals surface area contributed by atoms with E-state index in [0.29, 0.717) is 0 Å². The highest BCUT2D eigenvalue weighted by molar-refractivity contribution is 6.33. The summed E-state index contributed by atoms with van der Waals surface area (Å²) in [7, 11) is 1.11. The van der Waals surface area contributed by atoms with Crippen LogP contribution in [0.4, 0.5) is 4.39 Å². The maximum Gasteiger partial charge on any atom is 0.341 e. The van der Waals surface area contributed by atoms with Gasteiger partial charge in [0.05, 0.1) is 13.7 Å². The minimum absolute atomic E-state index is 0.0786. The van der Waals surface area contributed by atoms with Crippen LogP contribution in [0.1, 0.15) is 15.9 Å². The molecule has 0 aromatic heterocycles. The molecule has 0 saturated heterocycles. The number of carbonyl (C=O) groups excluding carboxylic acids is 1. The summed E-state index contributed by atoms with van der Waals surface area (Å²) in [5.41, 5.74) is -0.166. The number of methoxy groups -OCH3 is 1. The number of carbonyl (C=O) groups is 1. The van der Waals surface area contributed by atoms with Crippen LogP contribution < -0.4 is 0 Å². The van der Waals surface area contributed by atoms with E-state index in [1.54, 1.807) is 0 Å². The highest BCUT2D eigenvalue weighted by Gasteiger charge is 2.21. The van der Waals surface area contributed by atoms with E-state index < -0.39 is 17.5 Å². The monoisotopic (exact) mass is 267 g/mol. The van der Waals surface area contributed by atoms with Crippen LogP contribution in [0.3, 0.4) is 0 Å². The van der Waals surface area contributed by atoms with Gasteiger partial charge in [0.15, 0.2) is 11.6 Å². The Labute approximate surface area is 101 Å². The summed E-state index contributed by atoms with van der Waals surface area (Å²) in [4.78, 5) is 11.3. The molecule has 0 spiro atoms. The van der Waals surface area contributed by atoms with Crippen molar-refractivity contribution < 1.29 is 19.0 Å². The quantitative estimate of drug-likeness (QED) is 0.675. The lowest BCUT2D eigenvalue weighted by Crippen LogP contribution is -2.11. The number of hydrogen-bond donors (Lipinski definition) is 1. The second-order valence-corrected chi connectivity index (χ2v) is 3.87. The number of halogens is 3. The summed E-state index contributed by atoms with van der Waals surface area (Å²) >= 11 is 10.8. The second kappa shape index (κ2) is 5.34. The molecule has 1 aromatic rings. The summed E-state index contributed by atoms with van der Waals surface area (Å²) in [6.45, 7) is -0.0786. The number of rotatable bonds is 3. The van der Waals surface area contributed by atoms with Crippen LogP contribution in [0.15, 0.2) is 12.1 Å². The molecule has 0 amide bonds. The predicted octanol–water partition coefficient (Wildman–Crippen LogP) is 2.43. The van der Waals surface area contributed by atoms with Gasteiger partial charge in [0, 0.05) is 0 Å². The van der Waals surface area contributed by atoms with Gasteiger partial charge in [-0.2, -0.15) is 0 Å². The first-order chi connectivity index (χ1) is 7.47. The van der Waals surface area contributed by atoms with Crippen molar-refractivity contribution in [2.45, 2.75) is 6.54 Å². The lowest BCUT2D eigenvalue weighted by atomic mass is 10.1. The van der Waals surface area contributed by atoms with Crippen LogP contribution in [0, 0.1) is 5.82 Å². The van der Waals surface area contributed by atoms with Crippen molar-refractivity contribution in [1.82, 2.24) is 3.94 Å². The van der Waals surface area contributed by atoms with Crippen LogP contribution in [-0.4, -0.2) is 22.1 Å². The number of benzene rings is 1. The summed E-state index contributed by atoms with van der Waals surface area (Å²) in [5, 5.41) is 9.14. The van der Waals surface area contributed by atoms with E-state index in [2.05, 4.69) is 4.74 Å². The summed E-state index contributed by atoms with van der Waals surface area (Å²) < 4.78 is 18.6. The standard InChI is InChI=1S/C9H8Cl2FNO3/c1-16-9(15)7-5(4-13(10)11)2-3-6(14)8(7)12/h2-3,14H,4H2,1H3. The van der Waals surface area contributed by atoms with Crippen LogP contribution in [-0.2, 0) is 11.3 Å². The maximum atomic E-state index is 13.5. The first-order valence-electron chi connectivity index (χ1n) is 4.15. The highest BCUT2D eigenvalue weighted by Crippen LogP contribution is 2.25. The first kappa shape index (κ1) is 13.0. The summed E-state index contributed by atoms with van der Waals surface area (Å²) in [5.74, 6) is -2.60. The molecule has 0 aliphatic heterocycles. The molecule has 0 saturated carbocycles. The lowest BCUT2D eigenvalue weighted by molar-refractivity contribution is 0.0593. The molecular formula is C9H8Cl2FNO3. The van der Waals surface area contributed by atoms with Gasteiger partial charge in [0.2, 0.25) is 0 Å². The van der Waals surface area contributed by atoms with Gasteiger partial charge in [-0.25, -0.2) is 9.18 Å². The van der Waals surface area contributed by atoms with E-state index >= 15 is 0 Å². The maximum absolute atomic E-state index is 13.5. The van der Waals surface area contributed by atoms with Gasteiger partial charge in [0.1, 0.15) is 5.56 Å². The third-order valence-electron chi connectivity index (χ3n) is 1.89. The molecule has 16 heavy (non-hydrogen) atoms. The average Bonchev–Trinajstić information content (AvgIpc) is 2.22. The summed E-state index contributed by atoms with van der Waals surface area (Å²) in [6.07, 6.45) is 0. The van der Waals surface area contributed by atoms with Gasteiger partial charge < -0.3 is 9.84 Å². The van der Waals surface area contributed by atoms with Crippen LogP contribution >= 0.6 is 23.6 Å². The molecule has 0 atom stereocenters. The Balaban J connectivity index is 3.27. The minimum atomic E-state index is -1.06. The lowest BCUT2D eigenvalue weighted by Gasteiger charge is -2.11. The van der Waals surface area contributed by atoms with Crippen LogP contribution in [0.2, 0.25) is 0 Å². The zero-order valence-electron chi connectivity index (χ0n) is 8.21. The Hall–Kier alpha value is -1.04. The fourth-order valence-corrected chi connectivity index (χ4v) is 1.45. The molecule has 88 valence electrons. The molecule has 1 aromatic carbocycles. The van der Waals surface area contributed by atoms with Crippen molar-refractivity contribution >= 4 is 29.5 Å². The minimum Gasteiger partial charge on any atom is -0.505 e. The van der Waals surface area contributed by atoms with E-state index in [9.17, 15) is 9.18 Å². The molecule has 0 unspecified atom stereocenters. The van der Waals surface area contributed by atoms with E-state index in [4.69, 9.17) is 28.7 Å². The third kappa shape index (κ3) is 2.75. The van der Waals surface area contributed by atoms with E-state index in [-0.39, 0.29) is 17.7 Å². The van der Waals surface area contributed by atoms with Crippen molar-refractivity contribution in [2.75, 3.05) is 7.11 Å². The van der Waals surface area contributed by atoms with Gasteiger partial charge in [-0.3, -0.25) is 0 Å². The molecule has 1 N–H and O–H groups in total. The molecule has 1 rings (SSSR count). The number of esters is 1. The molecule has 0 aliphatic rings. The van der Waals surface area contributed by atoms with E-state index in [1.165, 1.54) is 6.07 Å². The van der Waals surface area contributed by atoms with E-state index in [1.807, 2.05) is 0 Å².